The predicted octanol–water partition coefficient (Wildman–Crippen LogP) is 4.24. The third-order valence-electron chi connectivity index (χ3n) is 3.47. The number of hydrogen-bond donors (Lipinski definition) is 1. The van der Waals surface area contributed by atoms with Crippen LogP contribution in [0.2, 0.25) is 0 Å². The van der Waals surface area contributed by atoms with Crippen molar-refractivity contribution >= 4 is 22.9 Å². The Morgan fingerprint density at radius 2 is 1.81 bits per heavy atom. The number of rotatable bonds is 4. The maximum absolute atomic E-state index is 11.9. The maximum atomic E-state index is 11.9. The minimum atomic E-state index is 0.0268. The third-order valence-corrected chi connectivity index (χ3v) is 4.45. The molecule has 21 heavy (non-hydrogen) atoms. The van der Waals surface area contributed by atoms with Crippen molar-refractivity contribution in [2.75, 3.05) is 19.4 Å². The summed E-state index contributed by atoms with van der Waals surface area (Å²) < 4.78 is 0. The Hall–Kier alpha value is -1.81. The smallest absolute Gasteiger partial charge is 0.253 e. The number of anilines is 1. The van der Waals surface area contributed by atoms with Gasteiger partial charge in [-0.3, -0.25) is 4.79 Å². The summed E-state index contributed by atoms with van der Waals surface area (Å²) in [6.07, 6.45) is 0. The Balaban J connectivity index is 2.10. The summed E-state index contributed by atoms with van der Waals surface area (Å²) >= 11 is 1.83. The lowest BCUT2D eigenvalue weighted by molar-refractivity contribution is 0.0827. The van der Waals surface area contributed by atoms with Gasteiger partial charge in [0.05, 0.1) is 0 Å². The van der Waals surface area contributed by atoms with E-state index in [9.17, 15) is 4.79 Å². The molecule has 2 aromatic rings. The van der Waals surface area contributed by atoms with E-state index in [0.29, 0.717) is 5.56 Å². The first-order valence-electron chi connectivity index (χ1n) is 7.03. The van der Waals surface area contributed by atoms with Crippen LogP contribution in [-0.4, -0.2) is 24.9 Å². The molecule has 0 aliphatic heterocycles. The van der Waals surface area contributed by atoms with Crippen molar-refractivity contribution < 1.29 is 4.79 Å². The molecule has 112 valence electrons. The highest BCUT2D eigenvalue weighted by molar-refractivity contribution is 7.12. The van der Waals surface area contributed by atoms with Gasteiger partial charge in [-0.1, -0.05) is 0 Å². The van der Waals surface area contributed by atoms with E-state index in [0.717, 1.165) is 5.69 Å². The first-order valence-corrected chi connectivity index (χ1v) is 7.85. The average molecular weight is 302 g/mol. The summed E-state index contributed by atoms with van der Waals surface area (Å²) in [5.41, 5.74) is 3.08. The topological polar surface area (TPSA) is 32.3 Å². The number of thiophene rings is 1. The zero-order chi connectivity index (χ0) is 15.6. The van der Waals surface area contributed by atoms with Gasteiger partial charge in [0, 0.05) is 41.1 Å². The Morgan fingerprint density at radius 1 is 1.19 bits per heavy atom. The first kappa shape index (κ1) is 15.6. The van der Waals surface area contributed by atoms with Gasteiger partial charge in [-0.25, -0.2) is 0 Å². The summed E-state index contributed by atoms with van der Waals surface area (Å²) in [6.45, 7) is 6.45. The van der Waals surface area contributed by atoms with Gasteiger partial charge in [0.1, 0.15) is 0 Å². The number of aryl methyl sites for hydroxylation is 2. The Kier molecular flexibility index (Phi) is 4.68. The molecular formula is C17H22N2OS. The van der Waals surface area contributed by atoms with Crippen molar-refractivity contribution in [3.63, 3.8) is 0 Å². The van der Waals surface area contributed by atoms with Gasteiger partial charge in [0.25, 0.3) is 5.91 Å². The minimum absolute atomic E-state index is 0.0268. The number of benzene rings is 1. The highest BCUT2D eigenvalue weighted by Crippen LogP contribution is 2.28. The van der Waals surface area contributed by atoms with E-state index in [1.807, 2.05) is 35.6 Å². The lowest BCUT2D eigenvalue weighted by Gasteiger charge is -2.16. The number of nitrogens with zero attached hydrogens (tertiary/aromatic N) is 1. The van der Waals surface area contributed by atoms with Gasteiger partial charge in [0.15, 0.2) is 0 Å². The lowest BCUT2D eigenvalue weighted by Crippen LogP contribution is -2.21. The molecule has 0 aliphatic carbocycles. The molecule has 0 fully saturated rings. The summed E-state index contributed by atoms with van der Waals surface area (Å²) in [6, 6.07) is 10.1. The van der Waals surface area contributed by atoms with Gasteiger partial charge < -0.3 is 10.2 Å². The van der Waals surface area contributed by atoms with Gasteiger partial charge in [0.2, 0.25) is 0 Å². The first-order chi connectivity index (χ1) is 9.88. The van der Waals surface area contributed by atoms with Crippen LogP contribution in [0.3, 0.4) is 0 Å². The molecule has 0 bridgehead atoms. The molecule has 1 N–H and O–H groups in total. The fraction of sp³-hybridized carbons (Fsp3) is 0.353. The molecule has 1 atom stereocenters. The van der Waals surface area contributed by atoms with Crippen molar-refractivity contribution in [1.82, 2.24) is 4.90 Å². The van der Waals surface area contributed by atoms with Crippen LogP contribution >= 0.6 is 11.3 Å². The van der Waals surface area contributed by atoms with Crippen molar-refractivity contribution in [2.45, 2.75) is 26.8 Å². The van der Waals surface area contributed by atoms with E-state index in [2.05, 4.69) is 32.2 Å². The molecule has 4 heteroatoms. The van der Waals surface area contributed by atoms with Crippen molar-refractivity contribution in [2.24, 2.45) is 0 Å². The fourth-order valence-electron chi connectivity index (χ4n) is 2.38. The normalized spacial score (nSPS) is 12.0. The van der Waals surface area contributed by atoms with Gasteiger partial charge in [-0.15, -0.1) is 11.3 Å². The largest absolute Gasteiger partial charge is 0.378 e. The minimum Gasteiger partial charge on any atom is -0.378 e. The Bertz CT molecular complexity index is 629. The van der Waals surface area contributed by atoms with Crippen LogP contribution in [0.4, 0.5) is 5.69 Å². The monoisotopic (exact) mass is 302 g/mol. The van der Waals surface area contributed by atoms with E-state index in [-0.39, 0.29) is 11.9 Å². The molecule has 0 spiro atoms. The molecule has 1 heterocycles. The number of amides is 1. The van der Waals surface area contributed by atoms with Crippen LogP contribution < -0.4 is 5.32 Å². The summed E-state index contributed by atoms with van der Waals surface area (Å²) in [5, 5.41) is 3.49. The number of hydrogen-bond acceptors (Lipinski definition) is 3. The second-order valence-corrected chi connectivity index (χ2v) is 6.97. The number of carbonyl (C=O) groups excluding carboxylic acids is 1. The van der Waals surface area contributed by atoms with Crippen LogP contribution in [0.1, 0.15) is 38.6 Å². The van der Waals surface area contributed by atoms with E-state index in [4.69, 9.17) is 0 Å². The number of carbonyl (C=O) groups is 1. The van der Waals surface area contributed by atoms with E-state index < -0.39 is 0 Å². The van der Waals surface area contributed by atoms with Crippen molar-refractivity contribution in [3.8, 4) is 0 Å². The van der Waals surface area contributed by atoms with E-state index >= 15 is 0 Å². The maximum Gasteiger partial charge on any atom is 0.253 e. The third kappa shape index (κ3) is 3.64. The highest BCUT2D eigenvalue weighted by Gasteiger charge is 2.12. The van der Waals surface area contributed by atoms with Gasteiger partial charge >= 0.3 is 0 Å². The second-order valence-electron chi connectivity index (χ2n) is 5.51. The van der Waals surface area contributed by atoms with Gasteiger partial charge in [-0.05, 0) is 56.7 Å². The van der Waals surface area contributed by atoms with Crippen molar-refractivity contribution in [1.29, 1.82) is 0 Å². The van der Waals surface area contributed by atoms with Crippen LogP contribution in [0, 0.1) is 13.8 Å². The average Bonchev–Trinajstić information content (AvgIpc) is 2.77. The van der Waals surface area contributed by atoms with Crippen molar-refractivity contribution in [3.05, 3.63) is 51.2 Å². The van der Waals surface area contributed by atoms with Gasteiger partial charge in [-0.2, -0.15) is 0 Å². The Morgan fingerprint density at radius 3 is 2.29 bits per heavy atom. The van der Waals surface area contributed by atoms with Crippen LogP contribution in [0.25, 0.3) is 0 Å². The van der Waals surface area contributed by atoms with Crippen LogP contribution in [0.5, 0.6) is 0 Å². The number of nitrogens with one attached hydrogen (secondary N) is 1. The SMILES string of the molecule is Cc1cc(C(C)Nc2ccc(C(=O)N(C)C)cc2)c(C)s1. The molecule has 0 radical (unpaired) electrons. The molecule has 0 saturated heterocycles. The second kappa shape index (κ2) is 6.31. The van der Waals surface area contributed by atoms with Crippen LogP contribution in [0.15, 0.2) is 30.3 Å². The molecule has 0 aliphatic rings. The van der Waals surface area contributed by atoms with E-state index in [1.54, 1.807) is 19.0 Å². The molecule has 1 aromatic carbocycles. The molecule has 1 amide bonds. The molecule has 1 unspecified atom stereocenters. The fourth-order valence-corrected chi connectivity index (χ4v) is 3.40. The molecule has 2 rings (SSSR count). The summed E-state index contributed by atoms with van der Waals surface area (Å²) in [5.74, 6) is 0.0268. The standard InChI is InChI=1S/C17H22N2OS/c1-11-10-16(13(3)21-11)12(2)18-15-8-6-14(7-9-15)17(20)19(4)5/h6-10,12,18H,1-5H3. The highest BCUT2D eigenvalue weighted by atomic mass is 32.1. The molecule has 1 aromatic heterocycles. The summed E-state index contributed by atoms with van der Waals surface area (Å²) in [4.78, 5) is 16.1. The lowest BCUT2D eigenvalue weighted by atomic mass is 10.1. The molecule has 0 saturated carbocycles. The molecular weight excluding hydrogens is 280 g/mol. The zero-order valence-corrected chi connectivity index (χ0v) is 14.0. The zero-order valence-electron chi connectivity index (χ0n) is 13.2. The Labute approximate surface area is 130 Å². The predicted molar refractivity (Wildman–Crippen MR) is 90.3 cm³/mol. The summed E-state index contributed by atoms with van der Waals surface area (Å²) in [7, 11) is 3.52. The van der Waals surface area contributed by atoms with Crippen LogP contribution in [-0.2, 0) is 0 Å². The molecule has 3 nitrogen and oxygen atoms in total. The van der Waals surface area contributed by atoms with E-state index in [1.165, 1.54) is 15.3 Å². The quantitative estimate of drug-likeness (QED) is 0.916.